The molecule has 3 aromatic rings. The number of benzene rings is 3. The van der Waals surface area contributed by atoms with E-state index in [1.165, 1.54) is 4.90 Å². The number of carbonyl (C=O) groups excluding carboxylic acids is 2. The van der Waals surface area contributed by atoms with E-state index in [0.29, 0.717) is 17.9 Å². The van der Waals surface area contributed by atoms with E-state index in [1.807, 2.05) is 60.7 Å². The first-order chi connectivity index (χ1) is 18.9. The van der Waals surface area contributed by atoms with Crippen LogP contribution in [0, 0.1) is 11.8 Å². The van der Waals surface area contributed by atoms with Gasteiger partial charge in [0.25, 0.3) is 0 Å². The highest BCUT2D eigenvalue weighted by Gasteiger charge is 2.55. The third kappa shape index (κ3) is 4.16. The second-order valence-electron chi connectivity index (χ2n) is 10.2. The van der Waals surface area contributed by atoms with Crippen LogP contribution in [-0.4, -0.2) is 44.1 Å². The van der Waals surface area contributed by atoms with Crippen LogP contribution in [-0.2, 0) is 22.6 Å². The summed E-state index contributed by atoms with van der Waals surface area (Å²) in [6.07, 6.45) is 0.393. The van der Waals surface area contributed by atoms with Crippen LogP contribution >= 0.6 is 0 Å². The zero-order valence-corrected chi connectivity index (χ0v) is 22.2. The van der Waals surface area contributed by atoms with Crippen molar-refractivity contribution in [1.82, 2.24) is 4.90 Å². The number of imide groups is 1. The van der Waals surface area contributed by atoms with Crippen molar-refractivity contribution in [3.8, 4) is 17.2 Å². The summed E-state index contributed by atoms with van der Waals surface area (Å²) in [6, 6.07) is 18.7. The molecule has 4 atom stereocenters. The minimum atomic E-state index is -0.586. The number of carbonyl (C=O) groups is 2. The van der Waals surface area contributed by atoms with Gasteiger partial charge in [-0.25, -0.2) is 0 Å². The Morgan fingerprint density at radius 3 is 2.15 bits per heavy atom. The summed E-state index contributed by atoms with van der Waals surface area (Å²) in [5.74, 6) is 0.317. The molecule has 3 aliphatic heterocycles. The fraction of sp³-hybridized carbons (Fsp3) is 0.290. The van der Waals surface area contributed by atoms with Gasteiger partial charge in [0, 0.05) is 23.0 Å². The van der Waals surface area contributed by atoms with E-state index in [9.17, 15) is 9.59 Å². The van der Waals surface area contributed by atoms with Gasteiger partial charge in [-0.3, -0.25) is 14.5 Å². The minimum absolute atomic E-state index is 0.169. The monoisotopic (exact) mass is 525 g/mol. The van der Waals surface area contributed by atoms with E-state index in [0.717, 1.165) is 39.5 Å². The molecule has 0 bridgehead atoms. The highest BCUT2D eigenvalue weighted by atomic mass is 16.5. The average molecular weight is 526 g/mol. The molecule has 4 unspecified atom stereocenters. The van der Waals surface area contributed by atoms with Crippen molar-refractivity contribution in [3.63, 3.8) is 0 Å². The Kier molecular flexibility index (Phi) is 6.17. The molecule has 2 N–H and O–H groups in total. The van der Waals surface area contributed by atoms with Crippen LogP contribution in [0.4, 0.5) is 11.4 Å². The van der Waals surface area contributed by atoms with Crippen LogP contribution in [0.5, 0.6) is 17.2 Å². The molecule has 8 nitrogen and oxygen atoms in total. The van der Waals surface area contributed by atoms with Crippen molar-refractivity contribution in [2.24, 2.45) is 11.8 Å². The van der Waals surface area contributed by atoms with E-state index < -0.39 is 11.8 Å². The van der Waals surface area contributed by atoms with E-state index in [4.69, 9.17) is 14.2 Å². The van der Waals surface area contributed by atoms with E-state index in [2.05, 4.69) is 17.2 Å². The number of amides is 2. The summed E-state index contributed by atoms with van der Waals surface area (Å²) < 4.78 is 16.3. The molecule has 39 heavy (non-hydrogen) atoms. The summed E-state index contributed by atoms with van der Waals surface area (Å²) in [6.45, 7) is 4.57. The Balaban J connectivity index is 1.46. The van der Waals surface area contributed by atoms with Crippen LogP contribution < -0.4 is 24.8 Å². The zero-order chi connectivity index (χ0) is 27.3. The maximum absolute atomic E-state index is 14.3. The van der Waals surface area contributed by atoms with Crippen molar-refractivity contribution in [2.45, 2.75) is 24.9 Å². The maximum atomic E-state index is 14.3. The molecule has 0 spiro atoms. The lowest BCUT2D eigenvalue weighted by Crippen LogP contribution is -2.36. The highest BCUT2D eigenvalue weighted by molar-refractivity contribution is 6.06. The molecule has 0 saturated carbocycles. The predicted octanol–water partition coefficient (Wildman–Crippen LogP) is 4.57. The molecule has 200 valence electrons. The number of nitrogens with zero attached hydrogens (tertiary/aromatic N) is 1. The molecule has 3 aliphatic rings. The first-order valence-electron chi connectivity index (χ1n) is 13.0. The van der Waals surface area contributed by atoms with Gasteiger partial charge in [0.05, 0.1) is 45.8 Å². The molecule has 0 aliphatic carbocycles. The molecular weight excluding hydrogens is 494 g/mol. The van der Waals surface area contributed by atoms with Crippen molar-refractivity contribution in [1.29, 1.82) is 0 Å². The molecule has 0 radical (unpaired) electrons. The Morgan fingerprint density at radius 2 is 1.46 bits per heavy atom. The Hall–Kier alpha value is -4.46. The zero-order valence-electron chi connectivity index (χ0n) is 22.2. The number of anilines is 2. The van der Waals surface area contributed by atoms with Crippen LogP contribution in [0.3, 0.4) is 0 Å². The number of rotatable bonds is 5. The van der Waals surface area contributed by atoms with Crippen molar-refractivity contribution in [2.75, 3.05) is 32.0 Å². The van der Waals surface area contributed by atoms with E-state index >= 15 is 0 Å². The highest BCUT2D eigenvalue weighted by Crippen LogP contribution is 2.51. The van der Waals surface area contributed by atoms with Crippen LogP contribution in [0.15, 0.2) is 72.9 Å². The van der Waals surface area contributed by atoms with E-state index in [1.54, 1.807) is 21.3 Å². The van der Waals surface area contributed by atoms with Crippen LogP contribution in [0.25, 0.3) is 0 Å². The number of methoxy groups -OCH3 is 3. The van der Waals surface area contributed by atoms with Crippen molar-refractivity contribution in [3.05, 3.63) is 89.6 Å². The van der Waals surface area contributed by atoms with Gasteiger partial charge in [0.2, 0.25) is 11.8 Å². The normalized spacial score (nSPS) is 23.3. The SMILES string of the molecule is C=C1Nc2ccc(OC)cc2CC2C(=O)N(Cc3ccc(OC)cc3)C(=O)C2C2c3cc(OC)ccc3NC12. The lowest BCUT2D eigenvalue weighted by molar-refractivity contribution is -0.140. The summed E-state index contributed by atoms with van der Waals surface area (Å²) in [5.41, 5.74) is 5.22. The first-order valence-corrected chi connectivity index (χ1v) is 13.0. The first kappa shape index (κ1) is 24.9. The van der Waals surface area contributed by atoms with Gasteiger partial charge in [-0.1, -0.05) is 18.7 Å². The minimum Gasteiger partial charge on any atom is -0.497 e. The predicted molar refractivity (Wildman–Crippen MR) is 148 cm³/mol. The van der Waals surface area contributed by atoms with Gasteiger partial charge in [-0.15, -0.1) is 0 Å². The van der Waals surface area contributed by atoms with Gasteiger partial charge < -0.3 is 24.8 Å². The number of hydrogen-bond donors (Lipinski definition) is 2. The second kappa shape index (κ2) is 9.69. The standard InChI is InChI=1S/C31H31N3O5/c1-17-29-27(23-15-22(39-4)10-12-26(23)33-29)28-24(14-19-13-21(38-3)9-11-25(19)32-17)30(35)34(31(28)36)16-18-5-7-20(37-2)8-6-18/h5-13,15,24,27-29,32-33H,1,14,16H2,2-4H3. The molecule has 3 heterocycles. The Morgan fingerprint density at radius 1 is 0.821 bits per heavy atom. The lowest BCUT2D eigenvalue weighted by Gasteiger charge is -2.28. The third-order valence-electron chi connectivity index (χ3n) is 8.17. The van der Waals surface area contributed by atoms with Crippen molar-refractivity contribution < 1.29 is 23.8 Å². The molecule has 2 amide bonds. The summed E-state index contributed by atoms with van der Waals surface area (Å²) in [4.78, 5) is 29.8. The van der Waals surface area contributed by atoms with Gasteiger partial charge in [0.1, 0.15) is 17.2 Å². The quantitative estimate of drug-likeness (QED) is 0.472. The van der Waals surface area contributed by atoms with Gasteiger partial charge in [-0.05, 0) is 71.6 Å². The average Bonchev–Trinajstić information content (AvgIpc) is 3.44. The lowest BCUT2D eigenvalue weighted by atomic mass is 9.74. The van der Waals surface area contributed by atoms with Crippen molar-refractivity contribution >= 4 is 23.2 Å². The number of ether oxygens (including phenoxy) is 3. The number of fused-ring (bicyclic) bond motifs is 6. The molecule has 1 fully saturated rings. The number of hydrogen-bond acceptors (Lipinski definition) is 7. The van der Waals surface area contributed by atoms with Crippen LogP contribution in [0.2, 0.25) is 0 Å². The van der Waals surface area contributed by atoms with Gasteiger partial charge in [-0.2, -0.15) is 0 Å². The maximum Gasteiger partial charge on any atom is 0.234 e. The fourth-order valence-corrected chi connectivity index (χ4v) is 6.19. The number of nitrogens with one attached hydrogen (secondary N) is 2. The molecule has 0 aromatic heterocycles. The van der Waals surface area contributed by atoms with Crippen LogP contribution in [0.1, 0.15) is 22.6 Å². The van der Waals surface area contributed by atoms with E-state index in [-0.39, 0.29) is 30.3 Å². The topological polar surface area (TPSA) is 89.1 Å². The summed E-state index contributed by atoms with van der Waals surface area (Å²) in [7, 11) is 4.85. The molecule has 6 rings (SSSR count). The summed E-state index contributed by atoms with van der Waals surface area (Å²) >= 11 is 0. The van der Waals surface area contributed by atoms with Gasteiger partial charge >= 0.3 is 0 Å². The fourth-order valence-electron chi connectivity index (χ4n) is 6.19. The molecule has 3 aromatic carbocycles. The Labute approximate surface area is 227 Å². The molecule has 8 heteroatoms. The third-order valence-corrected chi connectivity index (χ3v) is 8.17. The second-order valence-corrected chi connectivity index (χ2v) is 10.2. The smallest absolute Gasteiger partial charge is 0.234 e. The molecular formula is C31H31N3O5. The molecule has 1 saturated heterocycles. The van der Waals surface area contributed by atoms with Gasteiger partial charge in [0.15, 0.2) is 0 Å². The summed E-state index contributed by atoms with van der Waals surface area (Å²) in [5, 5.41) is 7.05. The Bertz CT molecular complexity index is 1470. The number of likely N-dealkylation sites (tertiary alicyclic amines) is 1. The largest absolute Gasteiger partial charge is 0.497 e.